The van der Waals surface area contributed by atoms with Crippen molar-refractivity contribution in [3.05, 3.63) is 150 Å². The van der Waals surface area contributed by atoms with Gasteiger partial charge in [-0.2, -0.15) is 0 Å². The molecule has 5 atom stereocenters. The third-order valence-corrected chi connectivity index (χ3v) is 8.96. The molecule has 4 nitrogen and oxygen atoms in total. The smallest absolute Gasteiger partial charge is 0.196 e. The van der Waals surface area contributed by atoms with Gasteiger partial charge in [0, 0.05) is 40.4 Å². The molecule has 2 aliphatic carbocycles. The van der Waals surface area contributed by atoms with Gasteiger partial charge >= 0.3 is 0 Å². The monoisotopic (exact) mass is 532 g/mol. The maximum atomic E-state index is 6.46. The zero-order chi connectivity index (χ0) is 26.9. The van der Waals surface area contributed by atoms with Crippen molar-refractivity contribution in [3.63, 3.8) is 0 Å². The molecule has 4 heteroatoms. The lowest BCUT2D eigenvalue weighted by atomic mass is 9.89. The summed E-state index contributed by atoms with van der Waals surface area (Å²) in [6, 6.07) is 30.8. The molecule has 0 saturated heterocycles. The standard InChI is InChI=1S/C37H28N2O2/c1-2-11-26(12-3-1)39-32-15-6-4-13-27(32)29-20-24(17-18-33(29)39)23-9-8-10-25(19-23)37-38-31-22-35-30(21-36(31)41-37)28-14-5-7-16-34(28)40-35/h1-22,27-28,32,34,37-38H. The highest BCUT2D eigenvalue weighted by Gasteiger charge is 2.38. The normalized spacial score (nSPS) is 25.5. The summed E-state index contributed by atoms with van der Waals surface area (Å²) in [5.41, 5.74) is 9.54. The van der Waals surface area contributed by atoms with Crippen LogP contribution in [0, 0.1) is 0 Å². The molecule has 198 valence electrons. The van der Waals surface area contributed by atoms with Crippen molar-refractivity contribution in [3.8, 4) is 22.6 Å². The van der Waals surface area contributed by atoms with E-state index in [0.717, 1.165) is 22.7 Å². The Balaban J connectivity index is 1.03. The molecule has 3 heterocycles. The summed E-state index contributed by atoms with van der Waals surface area (Å²) in [5, 5.41) is 3.58. The number of hydrogen-bond donors (Lipinski definition) is 1. The predicted octanol–water partition coefficient (Wildman–Crippen LogP) is 8.56. The minimum Gasteiger partial charge on any atom is -0.485 e. The number of fused-ring (bicyclic) bond motifs is 7. The molecular weight excluding hydrogens is 504 g/mol. The molecule has 0 bridgehead atoms. The molecule has 41 heavy (non-hydrogen) atoms. The van der Waals surface area contributed by atoms with E-state index in [1.54, 1.807) is 0 Å². The Labute approximate surface area is 239 Å². The van der Waals surface area contributed by atoms with Gasteiger partial charge in [-0.05, 0) is 59.2 Å². The maximum Gasteiger partial charge on any atom is 0.196 e. The maximum absolute atomic E-state index is 6.46. The first-order chi connectivity index (χ1) is 20.3. The molecule has 5 unspecified atom stereocenters. The quantitative estimate of drug-likeness (QED) is 0.287. The van der Waals surface area contributed by atoms with Gasteiger partial charge in [-0.25, -0.2) is 0 Å². The minimum absolute atomic E-state index is 0.0764. The Morgan fingerprint density at radius 3 is 2.37 bits per heavy atom. The average molecular weight is 533 g/mol. The van der Waals surface area contributed by atoms with Gasteiger partial charge in [0.05, 0.1) is 11.7 Å². The highest BCUT2D eigenvalue weighted by atomic mass is 16.5. The van der Waals surface area contributed by atoms with E-state index in [9.17, 15) is 0 Å². The first kappa shape index (κ1) is 22.8. The number of para-hydroxylation sites is 1. The summed E-state index contributed by atoms with van der Waals surface area (Å²) < 4.78 is 12.7. The van der Waals surface area contributed by atoms with E-state index >= 15 is 0 Å². The SMILES string of the molecule is C1=CC2Oc3cc4c(cc3C2C=C1)OC(c1cccc(-c2ccc3c(c2)C2C=CC=CC2N3c2ccccc2)c1)N4. The molecule has 9 rings (SSSR count). The molecule has 0 aromatic heterocycles. The Morgan fingerprint density at radius 1 is 0.610 bits per heavy atom. The van der Waals surface area contributed by atoms with Crippen molar-refractivity contribution >= 4 is 17.1 Å². The van der Waals surface area contributed by atoms with Gasteiger partial charge in [-0.15, -0.1) is 0 Å². The third-order valence-electron chi connectivity index (χ3n) is 8.96. The fourth-order valence-corrected chi connectivity index (χ4v) is 7.02. The van der Waals surface area contributed by atoms with Crippen LogP contribution in [0.25, 0.3) is 11.1 Å². The van der Waals surface area contributed by atoms with Gasteiger partial charge < -0.3 is 19.7 Å². The van der Waals surface area contributed by atoms with E-state index < -0.39 is 0 Å². The first-order valence-electron chi connectivity index (χ1n) is 14.4. The van der Waals surface area contributed by atoms with Crippen molar-refractivity contribution < 1.29 is 9.47 Å². The topological polar surface area (TPSA) is 33.7 Å². The van der Waals surface area contributed by atoms with Crippen LogP contribution in [0.5, 0.6) is 11.5 Å². The Bertz CT molecular complexity index is 1820. The summed E-state index contributed by atoms with van der Waals surface area (Å²) in [4.78, 5) is 2.47. The van der Waals surface area contributed by atoms with Gasteiger partial charge in [0.1, 0.15) is 17.6 Å². The van der Waals surface area contributed by atoms with Crippen LogP contribution < -0.4 is 19.7 Å². The molecule has 5 aliphatic rings. The summed E-state index contributed by atoms with van der Waals surface area (Å²) in [6.45, 7) is 0. The number of nitrogens with zero attached hydrogens (tertiary/aromatic N) is 1. The summed E-state index contributed by atoms with van der Waals surface area (Å²) >= 11 is 0. The molecule has 0 amide bonds. The van der Waals surface area contributed by atoms with Crippen LogP contribution in [-0.2, 0) is 0 Å². The van der Waals surface area contributed by atoms with Crippen LogP contribution in [0.1, 0.15) is 34.8 Å². The number of benzene rings is 4. The second kappa shape index (κ2) is 8.77. The lowest BCUT2D eigenvalue weighted by Crippen LogP contribution is -2.28. The first-order valence-corrected chi connectivity index (χ1v) is 14.4. The molecule has 1 N–H and O–H groups in total. The highest BCUT2D eigenvalue weighted by molar-refractivity contribution is 5.79. The summed E-state index contributed by atoms with van der Waals surface area (Å²) in [6.07, 6.45) is 17.3. The number of nitrogens with one attached hydrogen (secondary N) is 1. The van der Waals surface area contributed by atoms with E-state index in [1.165, 1.54) is 33.6 Å². The van der Waals surface area contributed by atoms with E-state index in [1.807, 2.05) is 0 Å². The lowest BCUT2D eigenvalue weighted by Gasteiger charge is -2.28. The number of anilines is 3. The van der Waals surface area contributed by atoms with E-state index in [2.05, 4.69) is 144 Å². The third kappa shape index (κ3) is 3.53. The van der Waals surface area contributed by atoms with Gasteiger partial charge in [-0.1, -0.05) is 85.0 Å². The largest absolute Gasteiger partial charge is 0.485 e. The molecule has 0 saturated carbocycles. The molecule has 0 fully saturated rings. The van der Waals surface area contributed by atoms with Crippen LogP contribution in [0.2, 0.25) is 0 Å². The van der Waals surface area contributed by atoms with Gasteiger partial charge in [0.2, 0.25) is 0 Å². The zero-order valence-electron chi connectivity index (χ0n) is 22.4. The molecule has 4 aromatic rings. The van der Waals surface area contributed by atoms with Crippen LogP contribution in [0.4, 0.5) is 17.1 Å². The van der Waals surface area contributed by atoms with E-state index in [-0.39, 0.29) is 24.3 Å². The fourth-order valence-electron chi connectivity index (χ4n) is 7.02. The second-order valence-corrected chi connectivity index (χ2v) is 11.3. The highest BCUT2D eigenvalue weighted by Crippen LogP contribution is 2.50. The van der Waals surface area contributed by atoms with Crippen molar-refractivity contribution in [2.45, 2.75) is 30.2 Å². The van der Waals surface area contributed by atoms with E-state index in [0.29, 0.717) is 5.92 Å². The van der Waals surface area contributed by atoms with Crippen molar-refractivity contribution in [1.29, 1.82) is 0 Å². The van der Waals surface area contributed by atoms with Gasteiger partial charge in [0.15, 0.2) is 6.23 Å². The summed E-state index contributed by atoms with van der Waals surface area (Å²) in [5.74, 6) is 2.39. The number of hydrogen-bond acceptors (Lipinski definition) is 4. The van der Waals surface area contributed by atoms with Gasteiger partial charge in [-0.3, -0.25) is 0 Å². The van der Waals surface area contributed by atoms with Gasteiger partial charge in [0.25, 0.3) is 0 Å². The number of ether oxygens (including phenoxy) is 2. The Kier molecular flexibility index (Phi) is 4.88. The van der Waals surface area contributed by atoms with Crippen molar-refractivity contribution in [1.82, 2.24) is 0 Å². The zero-order valence-corrected chi connectivity index (χ0v) is 22.4. The lowest BCUT2D eigenvalue weighted by molar-refractivity contribution is 0.259. The number of allylic oxidation sites excluding steroid dienone is 4. The molecule has 3 aliphatic heterocycles. The van der Waals surface area contributed by atoms with Crippen molar-refractivity contribution in [2.75, 3.05) is 10.2 Å². The van der Waals surface area contributed by atoms with Crippen LogP contribution in [0.3, 0.4) is 0 Å². The van der Waals surface area contributed by atoms with Crippen LogP contribution in [0.15, 0.2) is 134 Å². The molecule has 4 aromatic carbocycles. The second-order valence-electron chi connectivity index (χ2n) is 11.3. The summed E-state index contributed by atoms with van der Waals surface area (Å²) in [7, 11) is 0. The minimum atomic E-state index is -0.246. The molecular formula is C37H28N2O2. The number of rotatable bonds is 3. The Morgan fingerprint density at radius 2 is 1.44 bits per heavy atom. The Hall–Kier alpha value is -4.96. The predicted molar refractivity (Wildman–Crippen MR) is 164 cm³/mol. The molecule has 0 radical (unpaired) electrons. The van der Waals surface area contributed by atoms with Crippen LogP contribution >= 0.6 is 0 Å². The average Bonchev–Trinajstić information content (AvgIpc) is 3.71. The van der Waals surface area contributed by atoms with Crippen molar-refractivity contribution in [2.24, 2.45) is 0 Å². The van der Waals surface area contributed by atoms with E-state index in [4.69, 9.17) is 9.47 Å². The fraction of sp³-hybridized carbons (Fsp3) is 0.135. The van der Waals surface area contributed by atoms with Crippen LogP contribution in [-0.4, -0.2) is 12.1 Å². The molecule has 0 spiro atoms.